The first-order chi connectivity index (χ1) is 7.56. The molecule has 0 spiro atoms. The number of carbonyl (C=O) groups excluding carboxylic acids is 1. The first kappa shape index (κ1) is 10.9. The summed E-state index contributed by atoms with van der Waals surface area (Å²) in [5, 5.41) is 13.4. The average molecular weight is 240 g/mol. The predicted molar refractivity (Wildman–Crippen MR) is 62.4 cm³/mol. The Labute approximate surface area is 96.7 Å². The Balaban J connectivity index is 2.48. The monoisotopic (exact) mass is 240 g/mol. The van der Waals surface area contributed by atoms with E-state index in [1.54, 1.807) is 5.38 Å². The van der Waals surface area contributed by atoms with Crippen LogP contribution in [0.15, 0.2) is 5.38 Å². The molecule has 1 aromatic heterocycles. The van der Waals surface area contributed by atoms with Crippen molar-refractivity contribution in [2.24, 2.45) is 0 Å². The van der Waals surface area contributed by atoms with Crippen LogP contribution in [0.4, 0.5) is 11.4 Å². The van der Waals surface area contributed by atoms with E-state index in [0.717, 1.165) is 17.0 Å². The van der Waals surface area contributed by atoms with Crippen molar-refractivity contribution in [1.29, 1.82) is 0 Å². The highest BCUT2D eigenvalue weighted by Gasteiger charge is 2.33. The van der Waals surface area contributed by atoms with Gasteiger partial charge < -0.3 is 15.3 Å². The van der Waals surface area contributed by atoms with Crippen molar-refractivity contribution in [3.8, 4) is 0 Å². The maximum atomic E-state index is 11.7. The van der Waals surface area contributed by atoms with Crippen molar-refractivity contribution in [1.82, 2.24) is 0 Å². The van der Waals surface area contributed by atoms with Gasteiger partial charge in [-0.25, -0.2) is 4.79 Å². The van der Waals surface area contributed by atoms with Crippen LogP contribution < -0.4 is 10.2 Å². The topological polar surface area (TPSA) is 69.6 Å². The number of likely N-dealkylation sites (N-methyl/N-ethyl adjacent to an activating group) is 1. The molecule has 2 N–H and O–H groups in total. The zero-order valence-electron chi connectivity index (χ0n) is 8.98. The van der Waals surface area contributed by atoms with Gasteiger partial charge in [0.05, 0.1) is 11.4 Å². The third-order valence-corrected chi connectivity index (χ3v) is 3.71. The molecule has 1 unspecified atom stereocenters. The lowest BCUT2D eigenvalue weighted by Gasteiger charge is -2.32. The van der Waals surface area contributed by atoms with E-state index in [-0.39, 0.29) is 16.8 Å². The van der Waals surface area contributed by atoms with Crippen LogP contribution in [-0.4, -0.2) is 30.1 Å². The van der Waals surface area contributed by atoms with E-state index in [0.29, 0.717) is 12.1 Å². The predicted octanol–water partition coefficient (Wildman–Crippen LogP) is 1.61. The average Bonchev–Trinajstić information content (AvgIpc) is 2.62. The van der Waals surface area contributed by atoms with E-state index < -0.39 is 5.97 Å². The van der Waals surface area contributed by atoms with Crippen LogP contribution in [0.1, 0.15) is 23.0 Å². The second kappa shape index (κ2) is 3.79. The van der Waals surface area contributed by atoms with Gasteiger partial charge in [-0.05, 0) is 6.42 Å². The van der Waals surface area contributed by atoms with E-state index in [9.17, 15) is 9.59 Å². The van der Waals surface area contributed by atoms with Crippen molar-refractivity contribution < 1.29 is 14.7 Å². The van der Waals surface area contributed by atoms with E-state index in [1.165, 1.54) is 0 Å². The summed E-state index contributed by atoms with van der Waals surface area (Å²) in [5.41, 5.74) is 1.21. The van der Waals surface area contributed by atoms with Crippen LogP contribution in [0.5, 0.6) is 0 Å². The molecule has 16 heavy (non-hydrogen) atoms. The molecular formula is C10H12N2O3S. The Morgan fingerprint density at radius 3 is 2.94 bits per heavy atom. The van der Waals surface area contributed by atoms with Crippen LogP contribution in [0.3, 0.4) is 0 Å². The molecule has 5 nitrogen and oxygen atoms in total. The molecule has 2 heterocycles. The van der Waals surface area contributed by atoms with Crippen LogP contribution >= 0.6 is 11.3 Å². The van der Waals surface area contributed by atoms with E-state index in [2.05, 4.69) is 5.32 Å². The minimum atomic E-state index is -1.00. The molecule has 6 heteroatoms. The molecule has 86 valence electrons. The van der Waals surface area contributed by atoms with Crippen LogP contribution in [0.2, 0.25) is 0 Å². The summed E-state index contributed by atoms with van der Waals surface area (Å²) in [7, 11) is 1.81. The van der Waals surface area contributed by atoms with Gasteiger partial charge in [-0.1, -0.05) is 6.92 Å². The molecule has 0 saturated carbocycles. The molecule has 1 aliphatic heterocycles. The Kier molecular flexibility index (Phi) is 2.59. The summed E-state index contributed by atoms with van der Waals surface area (Å²) in [6.45, 7) is 1.93. The highest BCUT2D eigenvalue weighted by Crippen LogP contribution is 2.39. The van der Waals surface area contributed by atoms with Crippen LogP contribution in [0.25, 0.3) is 0 Å². The molecule has 0 radical (unpaired) electrons. The van der Waals surface area contributed by atoms with Gasteiger partial charge in [0, 0.05) is 12.4 Å². The van der Waals surface area contributed by atoms with Crippen LogP contribution in [-0.2, 0) is 4.79 Å². The van der Waals surface area contributed by atoms with Gasteiger partial charge in [0.1, 0.15) is 10.9 Å². The summed E-state index contributed by atoms with van der Waals surface area (Å²) in [6, 6.07) is -0.219. The zero-order chi connectivity index (χ0) is 11.9. The lowest BCUT2D eigenvalue weighted by Crippen LogP contribution is -2.45. The number of nitrogens with one attached hydrogen (secondary N) is 1. The molecule has 0 saturated heterocycles. The number of amides is 1. The SMILES string of the molecule is CCC1C(=O)Nc2c(csc2C(=O)O)N1C. The number of carbonyl (C=O) groups is 2. The van der Waals surface area contributed by atoms with Gasteiger partial charge in [-0.3, -0.25) is 4.79 Å². The molecule has 1 amide bonds. The number of rotatable bonds is 2. The van der Waals surface area contributed by atoms with Gasteiger partial charge in [-0.2, -0.15) is 0 Å². The van der Waals surface area contributed by atoms with E-state index in [4.69, 9.17) is 5.11 Å². The fourth-order valence-electron chi connectivity index (χ4n) is 1.90. The highest BCUT2D eigenvalue weighted by atomic mass is 32.1. The smallest absolute Gasteiger partial charge is 0.348 e. The summed E-state index contributed by atoms with van der Waals surface area (Å²) < 4.78 is 0. The summed E-state index contributed by atoms with van der Waals surface area (Å²) in [5.74, 6) is -1.15. The van der Waals surface area contributed by atoms with Gasteiger partial charge >= 0.3 is 5.97 Å². The largest absolute Gasteiger partial charge is 0.477 e. The van der Waals surface area contributed by atoms with Gasteiger partial charge in [0.15, 0.2) is 0 Å². The molecule has 0 aromatic carbocycles. The Morgan fingerprint density at radius 2 is 2.38 bits per heavy atom. The molecule has 0 aliphatic carbocycles. The molecule has 2 rings (SSSR count). The van der Waals surface area contributed by atoms with Crippen molar-refractivity contribution in [2.45, 2.75) is 19.4 Å². The lowest BCUT2D eigenvalue weighted by atomic mass is 10.1. The summed E-state index contributed by atoms with van der Waals surface area (Å²) >= 11 is 1.14. The van der Waals surface area contributed by atoms with E-state index in [1.807, 2.05) is 18.9 Å². The quantitative estimate of drug-likeness (QED) is 0.824. The number of carboxylic acids is 1. The molecule has 1 aromatic rings. The Hall–Kier alpha value is -1.56. The van der Waals surface area contributed by atoms with Crippen molar-refractivity contribution in [2.75, 3.05) is 17.3 Å². The third kappa shape index (κ3) is 1.46. The van der Waals surface area contributed by atoms with E-state index >= 15 is 0 Å². The second-order valence-corrected chi connectivity index (χ2v) is 4.53. The minimum Gasteiger partial charge on any atom is -0.477 e. The normalized spacial score (nSPS) is 19.2. The van der Waals surface area contributed by atoms with Crippen molar-refractivity contribution in [3.63, 3.8) is 0 Å². The van der Waals surface area contributed by atoms with Gasteiger partial charge in [0.2, 0.25) is 5.91 Å². The third-order valence-electron chi connectivity index (χ3n) is 2.75. The zero-order valence-corrected chi connectivity index (χ0v) is 9.80. The number of aromatic carboxylic acids is 1. The Bertz CT molecular complexity index is 455. The second-order valence-electron chi connectivity index (χ2n) is 3.65. The van der Waals surface area contributed by atoms with Crippen LogP contribution in [0, 0.1) is 0 Å². The standard InChI is InChI=1S/C10H12N2O3S/c1-3-5-9(13)11-7-6(12(5)2)4-16-8(7)10(14)15/h4-5H,3H2,1-2H3,(H,11,13)(H,14,15). The van der Waals surface area contributed by atoms with Crippen molar-refractivity contribution in [3.05, 3.63) is 10.3 Å². The lowest BCUT2D eigenvalue weighted by molar-refractivity contribution is -0.117. The van der Waals surface area contributed by atoms with Crippen molar-refractivity contribution >= 4 is 34.6 Å². The first-order valence-corrected chi connectivity index (χ1v) is 5.82. The highest BCUT2D eigenvalue weighted by molar-refractivity contribution is 7.13. The fraction of sp³-hybridized carbons (Fsp3) is 0.400. The molecular weight excluding hydrogens is 228 g/mol. The van der Waals surface area contributed by atoms with Gasteiger partial charge in [0.25, 0.3) is 0 Å². The molecule has 0 fully saturated rings. The Morgan fingerprint density at radius 1 is 1.69 bits per heavy atom. The fourth-order valence-corrected chi connectivity index (χ4v) is 2.78. The number of carboxylic acid groups (broad SMARTS) is 1. The number of hydrogen-bond donors (Lipinski definition) is 2. The number of thiophene rings is 1. The summed E-state index contributed by atoms with van der Waals surface area (Å²) in [4.78, 5) is 24.7. The molecule has 1 atom stereocenters. The maximum Gasteiger partial charge on any atom is 0.348 e. The minimum absolute atomic E-state index is 0.140. The number of nitrogens with zero attached hydrogens (tertiary/aromatic N) is 1. The van der Waals surface area contributed by atoms with Gasteiger partial charge in [-0.15, -0.1) is 11.3 Å². The summed E-state index contributed by atoms with van der Waals surface area (Å²) in [6.07, 6.45) is 0.694. The molecule has 0 bridgehead atoms. The number of fused-ring (bicyclic) bond motifs is 1. The first-order valence-electron chi connectivity index (χ1n) is 4.94. The molecule has 1 aliphatic rings. The maximum absolute atomic E-state index is 11.7. The number of anilines is 2. The number of hydrogen-bond acceptors (Lipinski definition) is 4.